The third-order valence-electron chi connectivity index (χ3n) is 12.5. The third-order valence-corrected chi connectivity index (χ3v) is 12.5. The smallest absolute Gasteiger partial charge is 0.164 e. The summed E-state index contributed by atoms with van der Waals surface area (Å²) in [5, 5.41) is 8.69. The number of para-hydroxylation sites is 3. The van der Waals surface area contributed by atoms with Crippen LogP contribution in [0, 0.1) is 0 Å². The van der Waals surface area contributed by atoms with Gasteiger partial charge in [-0.25, -0.2) is 15.0 Å². The SMILES string of the molecule is c1ccc(-c2nc(-c3ccc4ccccc4c3)nc(-c3ccc4c(c3)c(-c3ccc(N(c5ccccc5)c5ccc6c(c5)oc5ccccc56)cc3)cc3c5ccccc5oc43)n2)cc1. The van der Waals surface area contributed by atoms with Crippen LogP contribution in [0.4, 0.5) is 17.1 Å². The van der Waals surface area contributed by atoms with Crippen LogP contribution in [-0.2, 0) is 0 Å². The number of hydrogen-bond acceptors (Lipinski definition) is 6. The van der Waals surface area contributed by atoms with Crippen LogP contribution < -0.4 is 4.90 Å². The number of nitrogens with zero attached hydrogens (tertiary/aromatic N) is 4. The van der Waals surface area contributed by atoms with Crippen LogP contribution >= 0.6 is 0 Å². The minimum absolute atomic E-state index is 0.592. The molecule has 0 saturated carbocycles. The average Bonchev–Trinajstić information content (AvgIpc) is 3.95. The Bertz CT molecular complexity index is 3950. The average molecular weight is 833 g/mol. The van der Waals surface area contributed by atoms with E-state index in [-0.39, 0.29) is 0 Å². The molecule has 13 aromatic rings. The number of benzene rings is 10. The summed E-state index contributed by atoms with van der Waals surface area (Å²) in [5.74, 6) is 1.82. The van der Waals surface area contributed by atoms with Gasteiger partial charge in [-0.05, 0) is 100 Å². The first-order valence-corrected chi connectivity index (χ1v) is 21.7. The number of hydrogen-bond donors (Lipinski definition) is 0. The lowest BCUT2D eigenvalue weighted by atomic mass is 9.93. The first kappa shape index (κ1) is 36.8. The van der Waals surface area contributed by atoms with Crippen LogP contribution in [0.2, 0.25) is 0 Å². The van der Waals surface area contributed by atoms with Gasteiger partial charge in [-0.3, -0.25) is 0 Å². The Morgan fingerprint density at radius 1 is 0.292 bits per heavy atom. The fourth-order valence-corrected chi connectivity index (χ4v) is 9.32. The first-order valence-electron chi connectivity index (χ1n) is 21.7. The Labute approximate surface area is 373 Å². The van der Waals surface area contributed by atoms with Crippen molar-refractivity contribution in [1.29, 1.82) is 0 Å². The van der Waals surface area contributed by atoms with Crippen LogP contribution in [-0.4, -0.2) is 15.0 Å². The molecule has 3 heterocycles. The van der Waals surface area contributed by atoms with Gasteiger partial charge >= 0.3 is 0 Å². The molecule has 10 aromatic carbocycles. The van der Waals surface area contributed by atoms with E-state index in [1.165, 1.54) is 0 Å². The van der Waals surface area contributed by atoms with Crippen molar-refractivity contribution in [1.82, 2.24) is 15.0 Å². The molecule has 0 atom stereocenters. The van der Waals surface area contributed by atoms with Crippen LogP contribution in [0.25, 0.3) is 111 Å². The largest absolute Gasteiger partial charge is 0.456 e. The van der Waals surface area contributed by atoms with Gasteiger partial charge in [0.25, 0.3) is 0 Å². The van der Waals surface area contributed by atoms with E-state index in [0.29, 0.717) is 17.5 Å². The predicted octanol–water partition coefficient (Wildman–Crippen LogP) is 16.1. The quantitative estimate of drug-likeness (QED) is 0.159. The molecule has 0 bridgehead atoms. The van der Waals surface area contributed by atoms with Crippen LogP contribution in [0.5, 0.6) is 0 Å². The van der Waals surface area contributed by atoms with Gasteiger partial charge in [0.1, 0.15) is 22.3 Å². The summed E-state index contributed by atoms with van der Waals surface area (Å²) < 4.78 is 13.0. The topological polar surface area (TPSA) is 68.2 Å². The summed E-state index contributed by atoms with van der Waals surface area (Å²) >= 11 is 0. The molecule has 6 heteroatoms. The summed E-state index contributed by atoms with van der Waals surface area (Å²) in [5.41, 5.74) is 11.4. The highest BCUT2D eigenvalue weighted by atomic mass is 16.3. The molecule has 0 aliphatic heterocycles. The molecule has 0 amide bonds. The van der Waals surface area contributed by atoms with Crippen LogP contribution in [0.1, 0.15) is 0 Å². The van der Waals surface area contributed by atoms with Gasteiger partial charge < -0.3 is 13.7 Å². The van der Waals surface area contributed by atoms with E-state index in [2.05, 4.69) is 163 Å². The number of aromatic nitrogens is 3. The lowest BCUT2D eigenvalue weighted by Crippen LogP contribution is -2.09. The molecule has 0 saturated heterocycles. The van der Waals surface area contributed by atoms with E-state index in [1.54, 1.807) is 0 Å². The molecule has 304 valence electrons. The zero-order valence-corrected chi connectivity index (χ0v) is 34.9. The number of fused-ring (bicyclic) bond motifs is 9. The van der Waals surface area contributed by atoms with Crippen molar-refractivity contribution in [2.24, 2.45) is 0 Å². The van der Waals surface area contributed by atoms with E-state index in [9.17, 15) is 0 Å². The Morgan fingerprint density at radius 3 is 1.60 bits per heavy atom. The second-order valence-electron chi connectivity index (χ2n) is 16.4. The van der Waals surface area contributed by atoms with Crippen molar-refractivity contribution in [2.75, 3.05) is 4.90 Å². The lowest BCUT2D eigenvalue weighted by molar-refractivity contribution is 0.669. The summed E-state index contributed by atoms with van der Waals surface area (Å²) in [6, 6.07) is 75.8. The fourth-order valence-electron chi connectivity index (χ4n) is 9.32. The standard InChI is InChI=1S/C59H36N4O2/c1-3-14-39(15-4-1)57-60-58(41-24-23-37-13-7-8-16-40(37)33-41)62-59(61-57)42-27-31-49-51(34-42)50(36-52-47-20-10-12-22-54(47)65-56(49)52)38-25-28-44(29-26-38)63(43-17-5-2-6-18-43)45-30-32-48-46-19-9-11-21-53(46)64-55(48)35-45/h1-36H. The molecule has 0 radical (unpaired) electrons. The van der Waals surface area contributed by atoms with Crippen molar-refractivity contribution in [3.8, 4) is 45.3 Å². The molecule has 13 rings (SSSR count). The van der Waals surface area contributed by atoms with Crippen molar-refractivity contribution in [3.63, 3.8) is 0 Å². The lowest BCUT2D eigenvalue weighted by Gasteiger charge is -2.25. The third kappa shape index (κ3) is 6.30. The number of anilines is 3. The zero-order chi connectivity index (χ0) is 42.8. The van der Waals surface area contributed by atoms with Crippen molar-refractivity contribution in [3.05, 3.63) is 218 Å². The van der Waals surface area contributed by atoms with Gasteiger partial charge in [-0.15, -0.1) is 0 Å². The first-order chi connectivity index (χ1) is 32.2. The molecule has 0 fully saturated rings. The van der Waals surface area contributed by atoms with Gasteiger partial charge in [0, 0.05) is 66.8 Å². The number of furan rings is 2. The van der Waals surface area contributed by atoms with Crippen LogP contribution in [0.3, 0.4) is 0 Å². The molecular weight excluding hydrogens is 797 g/mol. The highest BCUT2D eigenvalue weighted by molar-refractivity contribution is 6.19. The highest BCUT2D eigenvalue weighted by Crippen LogP contribution is 2.43. The Morgan fingerprint density at radius 2 is 0.831 bits per heavy atom. The van der Waals surface area contributed by atoms with Gasteiger partial charge in [-0.2, -0.15) is 0 Å². The summed E-state index contributed by atoms with van der Waals surface area (Å²) in [7, 11) is 0. The molecule has 0 N–H and O–H groups in total. The Balaban J connectivity index is 0.977. The van der Waals surface area contributed by atoms with E-state index in [0.717, 1.165) is 110 Å². The van der Waals surface area contributed by atoms with Gasteiger partial charge in [0.05, 0.1) is 0 Å². The predicted molar refractivity (Wildman–Crippen MR) is 266 cm³/mol. The minimum atomic E-state index is 0.592. The Hall–Kier alpha value is -8.87. The second-order valence-corrected chi connectivity index (χ2v) is 16.4. The maximum atomic E-state index is 6.63. The summed E-state index contributed by atoms with van der Waals surface area (Å²) in [6.45, 7) is 0. The molecule has 0 unspecified atom stereocenters. The molecule has 6 nitrogen and oxygen atoms in total. The molecule has 0 aliphatic rings. The van der Waals surface area contributed by atoms with Gasteiger partial charge in [-0.1, -0.05) is 140 Å². The minimum Gasteiger partial charge on any atom is -0.456 e. The van der Waals surface area contributed by atoms with Crippen LogP contribution in [0.15, 0.2) is 227 Å². The zero-order valence-electron chi connectivity index (χ0n) is 34.9. The van der Waals surface area contributed by atoms with Crippen molar-refractivity contribution in [2.45, 2.75) is 0 Å². The van der Waals surface area contributed by atoms with Gasteiger partial charge in [0.2, 0.25) is 0 Å². The second kappa shape index (κ2) is 14.9. The summed E-state index contributed by atoms with van der Waals surface area (Å²) in [4.78, 5) is 17.6. The summed E-state index contributed by atoms with van der Waals surface area (Å²) in [6.07, 6.45) is 0. The maximum absolute atomic E-state index is 6.63. The highest BCUT2D eigenvalue weighted by Gasteiger charge is 2.20. The molecule has 0 aliphatic carbocycles. The molecule has 65 heavy (non-hydrogen) atoms. The molecular formula is C59H36N4O2. The molecule has 3 aromatic heterocycles. The van der Waals surface area contributed by atoms with E-state index < -0.39 is 0 Å². The van der Waals surface area contributed by atoms with Crippen molar-refractivity contribution < 1.29 is 8.83 Å². The fraction of sp³-hybridized carbons (Fsp3) is 0. The van der Waals surface area contributed by atoms with E-state index >= 15 is 0 Å². The molecule has 0 spiro atoms. The Kier molecular flexibility index (Phi) is 8.42. The monoisotopic (exact) mass is 832 g/mol. The van der Waals surface area contributed by atoms with Gasteiger partial charge in [0.15, 0.2) is 17.5 Å². The number of rotatable bonds is 7. The normalized spacial score (nSPS) is 11.7. The van der Waals surface area contributed by atoms with Crippen molar-refractivity contribution >= 4 is 82.5 Å². The van der Waals surface area contributed by atoms with E-state index in [4.69, 9.17) is 23.8 Å². The maximum Gasteiger partial charge on any atom is 0.164 e. The van der Waals surface area contributed by atoms with E-state index in [1.807, 2.05) is 60.7 Å².